The molecule has 0 aliphatic rings. The Balaban J connectivity index is 2.75. The quantitative estimate of drug-likeness (QED) is 0.573. The van der Waals surface area contributed by atoms with Crippen molar-refractivity contribution >= 4 is 25.8 Å². The van der Waals surface area contributed by atoms with Gasteiger partial charge in [0.25, 0.3) is 0 Å². The predicted molar refractivity (Wildman–Crippen MR) is 72.2 cm³/mol. The molecule has 1 rings (SSSR count). The fourth-order valence-electron chi connectivity index (χ4n) is 1.31. The number of alkyl halides is 1. The summed E-state index contributed by atoms with van der Waals surface area (Å²) in [5.41, 5.74) is 0. The number of benzene rings is 1. The molecular formula is C12H15BrO3S. The van der Waals surface area contributed by atoms with Crippen LogP contribution in [0.1, 0.15) is 0 Å². The van der Waals surface area contributed by atoms with E-state index in [4.69, 9.17) is 4.74 Å². The van der Waals surface area contributed by atoms with Gasteiger partial charge in [0, 0.05) is 5.33 Å². The van der Waals surface area contributed by atoms with Crippen LogP contribution in [0.15, 0.2) is 47.9 Å². The van der Waals surface area contributed by atoms with Crippen LogP contribution in [-0.4, -0.2) is 32.2 Å². The number of rotatable bonds is 7. The van der Waals surface area contributed by atoms with Crippen molar-refractivity contribution in [2.24, 2.45) is 0 Å². The van der Waals surface area contributed by atoms with E-state index >= 15 is 0 Å². The summed E-state index contributed by atoms with van der Waals surface area (Å²) in [5.74, 6) is -0.0316. The van der Waals surface area contributed by atoms with Crippen molar-refractivity contribution in [3.8, 4) is 0 Å². The summed E-state index contributed by atoms with van der Waals surface area (Å²) in [6.07, 6.45) is 1.24. The maximum absolute atomic E-state index is 12.0. The Labute approximate surface area is 111 Å². The highest BCUT2D eigenvalue weighted by Gasteiger charge is 2.20. The number of sulfone groups is 1. The van der Waals surface area contributed by atoms with Crippen LogP contribution in [0.4, 0.5) is 0 Å². The molecule has 1 atom stereocenters. The lowest BCUT2D eigenvalue weighted by Crippen LogP contribution is -2.25. The SMILES string of the molecule is C=CCOC(CBr)CS(=O)(=O)c1ccccc1. The molecule has 5 heteroatoms. The number of hydrogen-bond donors (Lipinski definition) is 0. The predicted octanol–water partition coefficient (Wildman–Crippen LogP) is 2.43. The van der Waals surface area contributed by atoms with E-state index in [-0.39, 0.29) is 11.9 Å². The zero-order chi connectivity index (χ0) is 12.7. The fraction of sp³-hybridized carbons (Fsp3) is 0.333. The van der Waals surface area contributed by atoms with Crippen LogP contribution in [0.5, 0.6) is 0 Å². The molecule has 0 saturated heterocycles. The number of ether oxygens (including phenoxy) is 1. The van der Waals surface area contributed by atoms with Gasteiger partial charge in [0.2, 0.25) is 0 Å². The van der Waals surface area contributed by atoms with Crippen molar-refractivity contribution in [2.45, 2.75) is 11.0 Å². The molecule has 17 heavy (non-hydrogen) atoms. The molecule has 3 nitrogen and oxygen atoms in total. The molecule has 94 valence electrons. The monoisotopic (exact) mass is 318 g/mol. The van der Waals surface area contributed by atoms with Crippen molar-refractivity contribution in [1.82, 2.24) is 0 Å². The summed E-state index contributed by atoms with van der Waals surface area (Å²) >= 11 is 3.25. The van der Waals surface area contributed by atoms with E-state index < -0.39 is 9.84 Å². The molecule has 0 heterocycles. The van der Waals surface area contributed by atoms with Crippen LogP contribution in [0, 0.1) is 0 Å². The Kier molecular flexibility index (Phi) is 5.88. The van der Waals surface area contributed by atoms with Crippen LogP contribution < -0.4 is 0 Å². The van der Waals surface area contributed by atoms with Crippen molar-refractivity contribution < 1.29 is 13.2 Å². The van der Waals surface area contributed by atoms with E-state index in [0.717, 1.165) is 0 Å². The number of hydrogen-bond acceptors (Lipinski definition) is 3. The Hall–Kier alpha value is -0.650. The van der Waals surface area contributed by atoms with Gasteiger partial charge in [-0.25, -0.2) is 8.42 Å². The first-order valence-corrected chi connectivity index (χ1v) is 7.94. The smallest absolute Gasteiger partial charge is 0.180 e. The summed E-state index contributed by atoms with van der Waals surface area (Å²) in [6.45, 7) is 3.88. The van der Waals surface area contributed by atoms with Gasteiger partial charge in [0.05, 0.1) is 23.4 Å². The van der Waals surface area contributed by atoms with Crippen molar-refractivity contribution in [3.63, 3.8) is 0 Å². The van der Waals surface area contributed by atoms with Crippen LogP contribution >= 0.6 is 15.9 Å². The summed E-state index contributed by atoms with van der Waals surface area (Å²) in [4.78, 5) is 0.327. The Morgan fingerprint density at radius 3 is 2.53 bits per heavy atom. The summed E-state index contributed by atoms with van der Waals surface area (Å²) in [6, 6.07) is 8.39. The first kappa shape index (κ1) is 14.4. The summed E-state index contributed by atoms with van der Waals surface area (Å²) < 4.78 is 29.4. The molecule has 0 saturated carbocycles. The second-order valence-electron chi connectivity index (χ2n) is 3.49. The third kappa shape index (κ3) is 4.61. The largest absolute Gasteiger partial charge is 0.372 e. The second kappa shape index (κ2) is 6.93. The Morgan fingerprint density at radius 2 is 2.00 bits per heavy atom. The van der Waals surface area contributed by atoms with E-state index in [1.807, 2.05) is 0 Å². The standard InChI is InChI=1S/C12H15BrO3S/c1-2-8-16-11(9-13)10-17(14,15)12-6-4-3-5-7-12/h2-7,11H,1,8-10H2. The molecule has 0 aromatic heterocycles. The van der Waals surface area contributed by atoms with E-state index in [2.05, 4.69) is 22.5 Å². The highest BCUT2D eigenvalue weighted by Crippen LogP contribution is 2.13. The minimum atomic E-state index is -3.29. The fourth-order valence-corrected chi connectivity index (χ4v) is 3.50. The maximum atomic E-state index is 12.0. The van der Waals surface area contributed by atoms with Gasteiger partial charge in [-0.3, -0.25) is 0 Å². The minimum absolute atomic E-state index is 0.0316. The average molecular weight is 319 g/mol. The molecule has 0 aliphatic heterocycles. The van der Waals surface area contributed by atoms with E-state index in [0.29, 0.717) is 16.8 Å². The first-order valence-electron chi connectivity index (χ1n) is 5.16. The van der Waals surface area contributed by atoms with Crippen molar-refractivity contribution in [1.29, 1.82) is 0 Å². The van der Waals surface area contributed by atoms with Crippen molar-refractivity contribution in [3.05, 3.63) is 43.0 Å². The van der Waals surface area contributed by atoms with Gasteiger partial charge in [0.1, 0.15) is 0 Å². The average Bonchev–Trinajstić information content (AvgIpc) is 2.35. The van der Waals surface area contributed by atoms with Crippen LogP contribution in [0.25, 0.3) is 0 Å². The molecule has 0 spiro atoms. The normalized spacial score (nSPS) is 13.2. The Bertz CT molecular complexity index is 442. The van der Waals surface area contributed by atoms with Gasteiger partial charge in [-0.05, 0) is 12.1 Å². The zero-order valence-electron chi connectivity index (χ0n) is 9.38. The van der Waals surface area contributed by atoms with Gasteiger partial charge < -0.3 is 4.74 Å². The lowest BCUT2D eigenvalue weighted by atomic mass is 10.4. The highest BCUT2D eigenvalue weighted by atomic mass is 79.9. The summed E-state index contributed by atoms with van der Waals surface area (Å²) in [5, 5.41) is 0.479. The molecule has 0 N–H and O–H groups in total. The van der Waals surface area contributed by atoms with E-state index in [1.165, 1.54) is 0 Å². The second-order valence-corrected chi connectivity index (χ2v) is 6.17. The first-order chi connectivity index (χ1) is 8.10. The molecule has 0 aliphatic carbocycles. The van der Waals surface area contributed by atoms with E-state index in [9.17, 15) is 8.42 Å². The van der Waals surface area contributed by atoms with E-state index in [1.54, 1.807) is 36.4 Å². The maximum Gasteiger partial charge on any atom is 0.180 e. The molecule has 1 aromatic carbocycles. The molecule has 0 bridgehead atoms. The van der Waals surface area contributed by atoms with Gasteiger partial charge in [-0.1, -0.05) is 40.2 Å². The molecule has 0 amide bonds. The number of halogens is 1. The minimum Gasteiger partial charge on any atom is -0.372 e. The molecular weight excluding hydrogens is 304 g/mol. The van der Waals surface area contributed by atoms with Gasteiger partial charge >= 0.3 is 0 Å². The third-order valence-corrected chi connectivity index (χ3v) is 4.65. The van der Waals surface area contributed by atoms with Gasteiger partial charge in [-0.2, -0.15) is 0 Å². The summed E-state index contributed by atoms with van der Waals surface area (Å²) in [7, 11) is -3.29. The molecule has 0 fully saturated rings. The van der Waals surface area contributed by atoms with Gasteiger partial charge in [0.15, 0.2) is 9.84 Å². The van der Waals surface area contributed by atoms with Crippen molar-refractivity contribution in [2.75, 3.05) is 17.7 Å². The lowest BCUT2D eigenvalue weighted by Gasteiger charge is -2.14. The Morgan fingerprint density at radius 1 is 1.35 bits per heavy atom. The van der Waals surface area contributed by atoms with Crippen LogP contribution in [0.2, 0.25) is 0 Å². The van der Waals surface area contributed by atoms with Crippen LogP contribution in [0.3, 0.4) is 0 Å². The molecule has 1 aromatic rings. The highest BCUT2D eigenvalue weighted by molar-refractivity contribution is 9.09. The topological polar surface area (TPSA) is 43.4 Å². The molecule has 1 unspecified atom stereocenters. The van der Waals surface area contributed by atoms with Crippen LogP contribution in [-0.2, 0) is 14.6 Å². The lowest BCUT2D eigenvalue weighted by molar-refractivity contribution is 0.109. The van der Waals surface area contributed by atoms with Gasteiger partial charge in [-0.15, -0.1) is 6.58 Å². The third-order valence-electron chi connectivity index (χ3n) is 2.13. The zero-order valence-corrected chi connectivity index (χ0v) is 11.8. The molecule has 0 radical (unpaired) electrons.